The number of carbonyl (C=O) groups excluding carboxylic acids is 1. The van der Waals surface area contributed by atoms with Gasteiger partial charge in [-0.25, -0.2) is 4.98 Å². The minimum Gasteiger partial charge on any atom is -0.495 e. The van der Waals surface area contributed by atoms with Crippen LogP contribution >= 0.6 is 11.6 Å². The van der Waals surface area contributed by atoms with Crippen molar-refractivity contribution in [1.29, 1.82) is 0 Å². The fourth-order valence-corrected chi connectivity index (χ4v) is 4.85. The van der Waals surface area contributed by atoms with Gasteiger partial charge in [0.1, 0.15) is 10.8 Å². The van der Waals surface area contributed by atoms with Gasteiger partial charge in [-0.1, -0.05) is 43.6 Å². The smallest absolute Gasteiger partial charge is 0.471 e. The van der Waals surface area contributed by atoms with Gasteiger partial charge in [-0.3, -0.25) is 4.79 Å². The van der Waals surface area contributed by atoms with Crippen molar-refractivity contribution in [3.8, 4) is 5.75 Å². The summed E-state index contributed by atoms with van der Waals surface area (Å²) in [5.74, 6) is -0.541. The van der Waals surface area contributed by atoms with Crippen LogP contribution in [0.1, 0.15) is 50.3 Å². The number of anilines is 4. The number of alkyl halides is 3. The van der Waals surface area contributed by atoms with E-state index in [0.717, 1.165) is 21.7 Å². The van der Waals surface area contributed by atoms with Crippen LogP contribution in [-0.2, 0) is 16.8 Å². The van der Waals surface area contributed by atoms with Crippen LogP contribution in [0.3, 0.4) is 0 Å². The van der Waals surface area contributed by atoms with E-state index >= 15 is 0 Å². The Morgan fingerprint density at radius 3 is 2.53 bits per heavy atom. The second-order valence-electron chi connectivity index (χ2n) is 9.86. The minimum absolute atomic E-state index is 0.0646. The fourth-order valence-electron chi connectivity index (χ4n) is 4.71. The molecule has 0 spiro atoms. The van der Waals surface area contributed by atoms with Gasteiger partial charge in [0.2, 0.25) is 5.95 Å². The van der Waals surface area contributed by atoms with Crippen LogP contribution in [0.5, 0.6) is 5.75 Å². The van der Waals surface area contributed by atoms with E-state index in [-0.39, 0.29) is 24.8 Å². The minimum atomic E-state index is -4.95. The molecule has 1 aromatic heterocycles. The van der Waals surface area contributed by atoms with Crippen molar-refractivity contribution in [3.63, 3.8) is 0 Å². The highest BCUT2D eigenvalue weighted by Gasteiger charge is 2.49. The maximum atomic E-state index is 13.2. The number of hydrogen-bond acceptors (Lipinski definition) is 6. The SMILES string of the molecule is COc1cc2c(cc1Nc1ncc(Cl)c(Nc3ccccc3C(C)C)n1)CCN(C(=O)C(F)(F)F)C2(C)C. The normalized spacial score (nSPS) is 14.7. The number of ether oxygens (including phenoxy) is 1. The lowest BCUT2D eigenvalue weighted by Gasteiger charge is -2.44. The molecule has 0 aliphatic carbocycles. The van der Waals surface area contributed by atoms with Crippen LogP contribution in [0.15, 0.2) is 42.6 Å². The van der Waals surface area contributed by atoms with Gasteiger partial charge < -0.3 is 20.3 Å². The Morgan fingerprint density at radius 1 is 1.16 bits per heavy atom. The number of benzene rings is 2. The van der Waals surface area contributed by atoms with Crippen molar-refractivity contribution in [2.24, 2.45) is 0 Å². The summed E-state index contributed by atoms with van der Waals surface area (Å²) in [7, 11) is 1.46. The monoisotopic (exact) mass is 547 g/mol. The molecule has 0 saturated carbocycles. The zero-order valence-electron chi connectivity index (χ0n) is 21.7. The molecule has 1 aliphatic rings. The van der Waals surface area contributed by atoms with Gasteiger partial charge in [0.05, 0.1) is 24.5 Å². The van der Waals surface area contributed by atoms with Crippen molar-refractivity contribution >= 4 is 40.6 Å². The second-order valence-corrected chi connectivity index (χ2v) is 10.3. The van der Waals surface area contributed by atoms with E-state index in [1.165, 1.54) is 13.3 Å². The number of rotatable bonds is 6. The molecule has 1 amide bonds. The van der Waals surface area contributed by atoms with Crippen molar-refractivity contribution in [2.75, 3.05) is 24.3 Å². The molecule has 0 bridgehead atoms. The van der Waals surface area contributed by atoms with E-state index in [0.29, 0.717) is 27.8 Å². The number of nitrogens with zero attached hydrogens (tertiary/aromatic N) is 3. The summed E-state index contributed by atoms with van der Waals surface area (Å²) in [6.07, 6.45) is -3.22. The molecule has 0 fully saturated rings. The summed E-state index contributed by atoms with van der Waals surface area (Å²) in [6, 6.07) is 11.3. The quantitative estimate of drug-likeness (QED) is 0.348. The third-order valence-corrected chi connectivity index (χ3v) is 6.95. The predicted octanol–water partition coefficient (Wildman–Crippen LogP) is 6.93. The van der Waals surface area contributed by atoms with E-state index in [1.807, 2.05) is 24.3 Å². The van der Waals surface area contributed by atoms with Crippen LogP contribution in [0.4, 0.5) is 36.3 Å². The molecule has 3 aromatic rings. The maximum absolute atomic E-state index is 13.2. The lowest BCUT2D eigenvalue weighted by molar-refractivity contribution is -0.191. The fraction of sp³-hybridized carbons (Fsp3) is 0.370. The first-order valence-corrected chi connectivity index (χ1v) is 12.5. The Labute approximate surface area is 224 Å². The van der Waals surface area contributed by atoms with Crippen molar-refractivity contribution < 1.29 is 22.7 Å². The van der Waals surface area contributed by atoms with E-state index < -0.39 is 17.6 Å². The number of carbonyl (C=O) groups is 1. The zero-order valence-corrected chi connectivity index (χ0v) is 22.5. The number of fused-ring (bicyclic) bond motifs is 1. The lowest BCUT2D eigenvalue weighted by Crippen LogP contribution is -2.54. The van der Waals surface area contributed by atoms with E-state index in [1.54, 1.807) is 26.0 Å². The van der Waals surface area contributed by atoms with Gasteiger partial charge in [-0.2, -0.15) is 18.2 Å². The zero-order chi connectivity index (χ0) is 27.8. The molecule has 2 heterocycles. The summed E-state index contributed by atoms with van der Waals surface area (Å²) in [5, 5.41) is 6.76. The summed E-state index contributed by atoms with van der Waals surface area (Å²) < 4.78 is 45.2. The molecule has 2 aromatic carbocycles. The molecule has 202 valence electrons. The molecule has 0 unspecified atom stereocenters. The van der Waals surface area contributed by atoms with E-state index in [9.17, 15) is 18.0 Å². The average Bonchev–Trinajstić information content (AvgIpc) is 2.85. The Hall–Kier alpha value is -3.53. The number of amides is 1. The van der Waals surface area contributed by atoms with Crippen molar-refractivity contribution in [2.45, 2.75) is 51.7 Å². The lowest BCUT2D eigenvalue weighted by atomic mass is 9.82. The topological polar surface area (TPSA) is 79.4 Å². The Balaban J connectivity index is 1.65. The van der Waals surface area contributed by atoms with Gasteiger partial charge in [-0.15, -0.1) is 0 Å². The highest BCUT2D eigenvalue weighted by molar-refractivity contribution is 6.32. The van der Waals surface area contributed by atoms with Crippen molar-refractivity contribution in [3.05, 3.63) is 64.3 Å². The molecule has 2 N–H and O–H groups in total. The molecular formula is C27H29ClF3N5O2. The largest absolute Gasteiger partial charge is 0.495 e. The average molecular weight is 548 g/mol. The van der Waals surface area contributed by atoms with Gasteiger partial charge in [-0.05, 0) is 61.1 Å². The van der Waals surface area contributed by atoms with Crippen LogP contribution in [0.2, 0.25) is 5.02 Å². The molecule has 11 heteroatoms. The molecule has 1 aliphatic heterocycles. The third-order valence-electron chi connectivity index (χ3n) is 6.68. The molecule has 4 rings (SSSR count). The summed E-state index contributed by atoms with van der Waals surface area (Å²) >= 11 is 6.38. The predicted molar refractivity (Wildman–Crippen MR) is 142 cm³/mol. The maximum Gasteiger partial charge on any atom is 0.471 e. The Morgan fingerprint density at radius 2 is 1.87 bits per heavy atom. The van der Waals surface area contributed by atoms with Crippen LogP contribution < -0.4 is 15.4 Å². The number of aromatic nitrogens is 2. The van der Waals surface area contributed by atoms with Gasteiger partial charge in [0.15, 0.2) is 5.82 Å². The van der Waals surface area contributed by atoms with E-state index in [2.05, 4.69) is 34.4 Å². The second kappa shape index (κ2) is 10.3. The van der Waals surface area contributed by atoms with Crippen LogP contribution in [0, 0.1) is 0 Å². The molecule has 0 atom stereocenters. The van der Waals surface area contributed by atoms with Crippen molar-refractivity contribution in [1.82, 2.24) is 14.9 Å². The number of nitrogens with one attached hydrogen (secondary N) is 2. The van der Waals surface area contributed by atoms with Crippen LogP contribution in [-0.4, -0.2) is 40.6 Å². The first kappa shape index (κ1) is 27.5. The van der Waals surface area contributed by atoms with Gasteiger partial charge in [0.25, 0.3) is 0 Å². The number of para-hydroxylation sites is 1. The van der Waals surface area contributed by atoms with Crippen LogP contribution in [0.25, 0.3) is 0 Å². The third kappa shape index (κ3) is 5.36. The number of halogens is 4. The first-order chi connectivity index (χ1) is 17.8. The van der Waals surface area contributed by atoms with E-state index in [4.69, 9.17) is 16.3 Å². The molecule has 38 heavy (non-hydrogen) atoms. The highest BCUT2D eigenvalue weighted by atomic mass is 35.5. The van der Waals surface area contributed by atoms with Gasteiger partial charge in [0, 0.05) is 12.2 Å². The van der Waals surface area contributed by atoms with Gasteiger partial charge >= 0.3 is 12.1 Å². The Kier molecular flexibility index (Phi) is 7.47. The number of hydrogen-bond donors (Lipinski definition) is 2. The molecule has 0 saturated heterocycles. The number of methoxy groups -OCH3 is 1. The summed E-state index contributed by atoms with van der Waals surface area (Å²) in [6.45, 7) is 7.31. The highest BCUT2D eigenvalue weighted by Crippen LogP contribution is 2.42. The first-order valence-electron chi connectivity index (χ1n) is 12.1. The molecule has 0 radical (unpaired) electrons. The molecule has 7 nitrogen and oxygen atoms in total. The summed E-state index contributed by atoms with van der Waals surface area (Å²) in [5.41, 5.74) is 2.70. The Bertz CT molecular complexity index is 1360. The molecular weight excluding hydrogens is 519 g/mol. The summed E-state index contributed by atoms with van der Waals surface area (Å²) in [4.78, 5) is 21.8. The standard InChI is InChI=1S/C27H29ClF3N5O2/c1-15(2)17-8-6-7-9-20(17)33-23-19(28)14-32-25(35-23)34-21-12-16-10-11-36(24(37)27(29,30)31)26(3,4)18(16)13-22(21)38-5/h6-9,12-15H,10-11H2,1-5H3,(H2,32,33,34,35).